The molecule has 2 saturated heterocycles. The van der Waals surface area contributed by atoms with Crippen molar-refractivity contribution in [1.29, 1.82) is 0 Å². The highest BCUT2D eigenvalue weighted by atomic mass is 35.5. The fourth-order valence-electron chi connectivity index (χ4n) is 3.91. The van der Waals surface area contributed by atoms with E-state index in [1.807, 2.05) is 4.90 Å². The number of carbonyl (C=O) groups excluding carboxylic acids is 2. The Labute approximate surface area is 166 Å². The van der Waals surface area contributed by atoms with E-state index in [0.717, 1.165) is 38.6 Å². The molecule has 0 spiro atoms. The molecule has 2 atom stereocenters. The first-order valence-electron chi connectivity index (χ1n) is 9.15. The van der Waals surface area contributed by atoms with Gasteiger partial charge in [-0.25, -0.2) is 0 Å². The summed E-state index contributed by atoms with van der Waals surface area (Å²) >= 11 is 5.89. The van der Waals surface area contributed by atoms with Gasteiger partial charge in [0.1, 0.15) is 0 Å². The second-order valence-electron chi connectivity index (χ2n) is 7.01. The van der Waals surface area contributed by atoms with E-state index in [2.05, 4.69) is 0 Å². The van der Waals surface area contributed by atoms with Crippen molar-refractivity contribution in [1.82, 2.24) is 9.80 Å². The third-order valence-corrected chi connectivity index (χ3v) is 5.58. The van der Waals surface area contributed by atoms with Crippen molar-refractivity contribution >= 4 is 35.8 Å². The third kappa shape index (κ3) is 4.70. The number of piperidine rings is 2. The number of nitrogens with two attached hydrogens (primary N) is 1. The van der Waals surface area contributed by atoms with Gasteiger partial charge in [0.05, 0.1) is 5.92 Å². The summed E-state index contributed by atoms with van der Waals surface area (Å²) in [6.45, 7) is 2.51. The molecule has 7 heteroatoms. The zero-order valence-corrected chi connectivity index (χ0v) is 16.5. The van der Waals surface area contributed by atoms with E-state index in [9.17, 15) is 9.59 Å². The minimum absolute atomic E-state index is 0. The molecule has 3 rings (SSSR count). The average Bonchev–Trinajstić information content (AvgIpc) is 2.67. The van der Waals surface area contributed by atoms with E-state index in [-0.39, 0.29) is 36.2 Å². The summed E-state index contributed by atoms with van der Waals surface area (Å²) in [6, 6.07) is 7.08. The fourth-order valence-corrected chi connectivity index (χ4v) is 4.03. The van der Waals surface area contributed by atoms with Gasteiger partial charge in [0, 0.05) is 42.8 Å². The van der Waals surface area contributed by atoms with Crippen LogP contribution < -0.4 is 5.73 Å². The molecule has 2 aliphatic heterocycles. The molecular weight excluding hydrogens is 373 g/mol. The molecule has 144 valence electrons. The number of carbonyl (C=O) groups is 2. The van der Waals surface area contributed by atoms with Crippen LogP contribution >= 0.6 is 24.0 Å². The largest absolute Gasteiger partial charge is 0.338 e. The molecule has 0 aliphatic carbocycles. The molecule has 26 heavy (non-hydrogen) atoms. The Bertz CT molecular complexity index is 624. The molecule has 5 nitrogen and oxygen atoms in total. The molecule has 2 N–H and O–H groups in total. The maximum absolute atomic E-state index is 13.0. The molecule has 0 aromatic heterocycles. The second kappa shape index (κ2) is 9.58. The van der Waals surface area contributed by atoms with Crippen LogP contribution in [-0.4, -0.2) is 53.8 Å². The van der Waals surface area contributed by atoms with Gasteiger partial charge in [-0.15, -0.1) is 12.4 Å². The van der Waals surface area contributed by atoms with Gasteiger partial charge in [0.25, 0.3) is 5.91 Å². The van der Waals surface area contributed by atoms with Crippen LogP contribution in [0.15, 0.2) is 24.3 Å². The van der Waals surface area contributed by atoms with Crippen LogP contribution in [0.2, 0.25) is 5.02 Å². The quantitative estimate of drug-likeness (QED) is 0.849. The fraction of sp³-hybridized carbons (Fsp3) is 0.579. The predicted molar refractivity (Wildman–Crippen MR) is 106 cm³/mol. The monoisotopic (exact) mass is 399 g/mol. The molecule has 0 bridgehead atoms. The standard InChI is InChI=1S/C19H26ClN3O2.ClH/c20-16-8-6-14(7-9-16)18(24)22-10-3-4-15(13-22)19(25)23-11-2-1-5-17(23)12-21;/h6-9,15,17H,1-5,10-13,21H2;1H. The Morgan fingerprint density at radius 1 is 1.08 bits per heavy atom. The van der Waals surface area contributed by atoms with Crippen LogP contribution in [0.5, 0.6) is 0 Å². The maximum Gasteiger partial charge on any atom is 0.253 e. The van der Waals surface area contributed by atoms with E-state index >= 15 is 0 Å². The van der Waals surface area contributed by atoms with Gasteiger partial charge in [-0.2, -0.15) is 0 Å². The van der Waals surface area contributed by atoms with Crippen molar-refractivity contribution in [3.8, 4) is 0 Å². The van der Waals surface area contributed by atoms with Crippen LogP contribution in [0.3, 0.4) is 0 Å². The SMILES string of the molecule is Cl.NCC1CCCCN1C(=O)C1CCCN(C(=O)c2ccc(Cl)cc2)C1. The Balaban J connectivity index is 0.00000243. The van der Waals surface area contributed by atoms with Gasteiger partial charge in [-0.1, -0.05) is 11.6 Å². The number of benzene rings is 1. The lowest BCUT2D eigenvalue weighted by Gasteiger charge is -2.40. The molecule has 2 amide bonds. The number of likely N-dealkylation sites (tertiary alicyclic amines) is 2. The van der Waals surface area contributed by atoms with Crippen LogP contribution in [0, 0.1) is 5.92 Å². The zero-order chi connectivity index (χ0) is 17.8. The Morgan fingerprint density at radius 3 is 2.50 bits per heavy atom. The second-order valence-corrected chi connectivity index (χ2v) is 7.45. The van der Waals surface area contributed by atoms with Gasteiger partial charge < -0.3 is 15.5 Å². The highest BCUT2D eigenvalue weighted by molar-refractivity contribution is 6.30. The molecule has 2 aliphatic rings. The number of hydrogen-bond acceptors (Lipinski definition) is 3. The van der Waals surface area contributed by atoms with Crippen molar-refractivity contribution in [2.45, 2.75) is 38.1 Å². The summed E-state index contributed by atoms with van der Waals surface area (Å²) in [4.78, 5) is 29.5. The highest BCUT2D eigenvalue weighted by Gasteiger charge is 2.34. The van der Waals surface area contributed by atoms with E-state index in [0.29, 0.717) is 30.2 Å². The molecule has 2 heterocycles. The summed E-state index contributed by atoms with van der Waals surface area (Å²) < 4.78 is 0. The first-order valence-corrected chi connectivity index (χ1v) is 9.53. The first-order chi connectivity index (χ1) is 12.1. The third-order valence-electron chi connectivity index (χ3n) is 5.33. The smallest absolute Gasteiger partial charge is 0.253 e. The minimum Gasteiger partial charge on any atom is -0.338 e. The van der Waals surface area contributed by atoms with Crippen molar-refractivity contribution < 1.29 is 9.59 Å². The summed E-state index contributed by atoms with van der Waals surface area (Å²) in [5.74, 6) is 0.0316. The molecule has 2 unspecified atom stereocenters. The Hall–Kier alpha value is -1.30. The van der Waals surface area contributed by atoms with Crippen molar-refractivity contribution in [2.24, 2.45) is 11.7 Å². The van der Waals surface area contributed by atoms with Gasteiger partial charge in [-0.3, -0.25) is 9.59 Å². The normalized spacial score (nSPS) is 23.3. The summed E-state index contributed by atoms with van der Waals surface area (Å²) in [5, 5.41) is 0.612. The first kappa shape index (κ1) is 21.0. The predicted octanol–water partition coefficient (Wildman–Crippen LogP) is 2.95. The van der Waals surface area contributed by atoms with Crippen molar-refractivity contribution in [2.75, 3.05) is 26.2 Å². The maximum atomic E-state index is 13.0. The van der Waals surface area contributed by atoms with Crippen LogP contribution in [0.4, 0.5) is 0 Å². The lowest BCUT2D eigenvalue weighted by atomic mass is 9.93. The topological polar surface area (TPSA) is 66.6 Å². The van der Waals surface area contributed by atoms with Gasteiger partial charge >= 0.3 is 0 Å². The lowest BCUT2D eigenvalue weighted by Crippen LogP contribution is -2.53. The van der Waals surface area contributed by atoms with Crippen molar-refractivity contribution in [3.63, 3.8) is 0 Å². The summed E-state index contributed by atoms with van der Waals surface area (Å²) in [6.07, 6.45) is 4.87. The van der Waals surface area contributed by atoms with E-state index < -0.39 is 0 Å². The number of nitrogens with zero attached hydrogens (tertiary/aromatic N) is 2. The van der Waals surface area contributed by atoms with Gasteiger partial charge in [-0.05, 0) is 56.4 Å². The van der Waals surface area contributed by atoms with Crippen LogP contribution in [-0.2, 0) is 4.79 Å². The average molecular weight is 400 g/mol. The van der Waals surface area contributed by atoms with Crippen LogP contribution in [0.25, 0.3) is 0 Å². The van der Waals surface area contributed by atoms with Gasteiger partial charge in [0.15, 0.2) is 0 Å². The van der Waals surface area contributed by atoms with Gasteiger partial charge in [0.2, 0.25) is 5.91 Å². The number of halogens is 2. The summed E-state index contributed by atoms with van der Waals surface area (Å²) in [7, 11) is 0. The lowest BCUT2D eigenvalue weighted by molar-refractivity contribution is -0.140. The van der Waals surface area contributed by atoms with E-state index in [4.69, 9.17) is 17.3 Å². The number of hydrogen-bond donors (Lipinski definition) is 1. The molecule has 0 saturated carbocycles. The highest BCUT2D eigenvalue weighted by Crippen LogP contribution is 2.25. The Morgan fingerprint density at radius 2 is 1.81 bits per heavy atom. The zero-order valence-electron chi connectivity index (χ0n) is 14.9. The molecule has 0 radical (unpaired) electrons. The van der Waals surface area contributed by atoms with Crippen molar-refractivity contribution in [3.05, 3.63) is 34.9 Å². The minimum atomic E-state index is -0.114. The molecule has 2 fully saturated rings. The van der Waals surface area contributed by atoms with Crippen LogP contribution in [0.1, 0.15) is 42.5 Å². The Kier molecular flexibility index (Phi) is 7.74. The number of rotatable bonds is 3. The molecule has 1 aromatic rings. The molecule has 1 aromatic carbocycles. The molecular formula is C19H27Cl2N3O2. The number of amides is 2. The van der Waals surface area contributed by atoms with E-state index in [1.165, 1.54) is 0 Å². The van der Waals surface area contributed by atoms with E-state index in [1.54, 1.807) is 29.2 Å². The summed E-state index contributed by atoms with van der Waals surface area (Å²) in [5.41, 5.74) is 6.48.